The number of nitrogens with two attached hydrogens (primary N) is 1. The van der Waals surface area contributed by atoms with Crippen LogP contribution in [0.1, 0.15) is 22.3 Å². The van der Waals surface area contributed by atoms with Crippen molar-refractivity contribution in [2.24, 2.45) is 29.4 Å². The van der Waals surface area contributed by atoms with Crippen molar-refractivity contribution in [1.82, 2.24) is 4.90 Å². The molecule has 2 unspecified atom stereocenters. The number of amides is 1. The highest BCUT2D eigenvalue weighted by atomic mass is 16.3. The average Bonchev–Trinajstić information content (AvgIpc) is 2.82. The Balaban J connectivity index is 1.66. The summed E-state index contributed by atoms with van der Waals surface area (Å²) in [4.78, 5) is 67.5. The Kier molecular flexibility index (Phi) is 5.58. The van der Waals surface area contributed by atoms with Gasteiger partial charge in [-0.15, -0.1) is 0 Å². The number of phenols is 2. The molecule has 0 radical (unpaired) electrons. The lowest BCUT2D eigenvalue weighted by atomic mass is 9.52. The number of aromatic hydroxyl groups is 2. The zero-order valence-electron chi connectivity index (χ0n) is 20.2. The number of hydrogen-bond acceptors (Lipinski definition) is 9. The van der Waals surface area contributed by atoms with Gasteiger partial charge >= 0.3 is 0 Å². The van der Waals surface area contributed by atoms with Crippen molar-refractivity contribution < 1.29 is 39.3 Å². The van der Waals surface area contributed by atoms with Gasteiger partial charge in [-0.2, -0.15) is 0 Å². The molecule has 5 N–H and O–H groups in total. The van der Waals surface area contributed by atoms with Gasteiger partial charge in [-0.05, 0) is 67.7 Å². The summed E-state index contributed by atoms with van der Waals surface area (Å²) < 4.78 is 0. The second-order valence-corrected chi connectivity index (χ2v) is 10.3. The van der Waals surface area contributed by atoms with Crippen molar-refractivity contribution in [2.45, 2.75) is 24.5 Å². The lowest BCUT2D eigenvalue weighted by molar-refractivity contribution is -0.181. The normalized spacial score (nSPS) is 31.1. The van der Waals surface area contributed by atoms with E-state index in [9.17, 15) is 39.3 Å². The maximum absolute atomic E-state index is 13.8. The Morgan fingerprint density at radius 2 is 1.65 bits per heavy atom. The van der Waals surface area contributed by atoms with Gasteiger partial charge in [0.2, 0.25) is 5.91 Å². The van der Waals surface area contributed by atoms with E-state index in [1.807, 2.05) is 0 Å². The standard InChI is InChI=1S/C27H26N2O8/c1-29(2)21-16-10-12-9-15-14(11-3-5-13(30)6-4-11)7-8-17(31)19(15)22(32)18(12)24(34)27(16,37)25(35)20(23(21)33)26(28)36/h3-8,12,16,18,20-21,30-31,37H,9-10H2,1-2H3,(H2,28,36)/t12-,16-,18?,20?,21-,27-/m1/s1. The number of carbonyl (C=O) groups excluding carboxylic acids is 5. The smallest absolute Gasteiger partial charge is 0.235 e. The van der Waals surface area contributed by atoms with Crippen LogP contribution in [0.3, 0.4) is 0 Å². The number of rotatable bonds is 3. The van der Waals surface area contributed by atoms with E-state index < -0.39 is 64.4 Å². The van der Waals surface area contributed by atoms with Gasteiger partial charge in [0.25, 0.3) is 0 Å². The minimum absolute atomic E-state index is 0.0193. The second-order valence-electron chi connectivity index (χ2n) is 10.3. The van der Waals surface area contributed by atoms with E-state index in [0.717, 1.165) is 0 Å². The Bertz CT molecular complexity index is 1380. The molecule has 3 aliphatic rings. The maximum atomic E-state index is 13.8. The van der Waals surface area contributed by atoms with Gasteiger partial charge < -0.3 is 21.1 Å². The third-order valence-electron chi connectivity index (χ3n) is 8.12. The zero-order chi connectivity index (χ0) is 27.0. The molecule has 10 nitrogen and oxygen atoms in total. The quantitative estimate of drug-likeness (QED) is 0.425. The molecule has 0 heterocycles. The van der Waals surface area contributed by atoms with Crippen molar-refractivity contribution in [3.63, 3.8) is 0 Å². The Morgan fingerprint density at radius 1 is 1.00 bits per heavy atom. The third kappa shape index (κ3) is 3.36. The topological polar surface area (TPSA) is 175 Å². The third-order valence-corrected chi connectivity index (χ3v) is 8.12. The van der Waals surface area contributed by atoms with Gasteiger partial charge in [0.1, 0.15) is 11.5 Å². The molecule has 6 atom stereocenters. The summed E-state index contributed by atoms with van der Waals surface area (Å²) in [5.41, 5.74) is 4.31. The number of carbonyl (C=O) groups is 5. The highest BCUT2D eigenvalue weighted by Gasteiger charge is 2.69. The first-order valence-corrected chi connectivity index (χ1v) is 11.9. The molecule has 2 aromatic carbocycles. The molecule has 0 spiro atoms. The molecule has 0 aromatic heterocycles. The van der Waals surface area contributed by atoms with E-state index in [-0.39, 0.29) is 29.9 Å². The highest BCUT2D eigenvalue weighted by Crippen LogP contribution is 2.51. The zero-order valence-corrected chi connectivity index (χ0v) is 20.2. The lowest BCUT2D eigenvalue weighted by Crippen LogP contribution is -2.74. The number of hydrogen-bond donors (Lipinski definition) is 4. The molecule has 5 rings (SSSR count). The van der Waals surface area contributed by atoms with Gasteiger partial charge in [0.05, 0.1) is 17.5 Å². The summed E-state index contributed by atoms with van der Waals surface area (Å²) in [5.74, 6) is -10.7. The molecule has 0 aliphatic heterocycles. The summed E-state index contributed by atoms with van der Waals surface area (Å²) in [6.07, 6.45) is 0.144. The van der Waals surface area contributed by atoms with E-state index in [0.29, 0.717) is 16.7 Å². The molecule has 2 fully saturated rings. The van der Waals surface area contributed by atoms with E-state index in [1.165, 1.54) is 37.2 Å². The van der Waals surface area contributed by atoms with E-state index in [2.05, 4.69) is 0 Å². The summed E-state index contributed by atoms with van der Waals surface area (Å²) >= 11 is 0. The molecular formula is C27H26N2O8. The van der Waals surface area contributed by atoms with Gasteiger partial charge in [-0.1, -0.05) is 18.2 Å². The predicted octanol–water partition coefficient (Wildman–Crippen LogP) is 0.240. The van der Waals surface area contributed by atoms with Crippen LogP contribution in [0.25, 0.3) is 11.1 Å². The number of fused-ring (bicyclic) bond motifs is 3. The van der Waals surface area contributed by atoms with Gasteiger partial charge in [0, 0.05) is 5.92 Å². The fourth-order valence-electron chi connectivity index (χ4n) is 6.52. The molecule has 37 heavy (non-hydrogen) atoms. The van der Waals surface area contributed by atoms with E-state index >= 15 is 0 Å². The van der Waals surface area contributed by atoms with Crippen LogP contribution in [0, 0.1) is 23.7 Å². The molecule has 2 saturated carbocycles. The largest absolute Gasteiger partial charge is 0.508 e. The molecule has 10 heteroatoms. The Labute approximate surface area is 211 Å². The molecule has 0 bridgehead atoms. The SMILES string of the molecule is CN(C)[C@H]1C(=O)C(C(N)=O)C(=O)[C@]2(O)C(=O)C3C(=O)c4c(O)ccc(-c5ccc(O)cc5)c4C[C@@H]3C[C@H]12. The number of Topliss-reactive ketones (excluding diaryl/α,β-unsaturated/α-hetero) is 4. The van der Waals surface area contributed by atoms with E-state index in [1.54, 1.807) is 18.2 Å². The van der Waals surface area contributed by atoms with E-state index in [4.69, 9.17) is 5.73 Å². The van der Waals surface area contributed by atoms with Crippen molar-refractivity contribution in [3.05, 3.63) is 47.5 Å². The fourth-order valence-corrected chi connectivity index (χ4v) is 6.52. The van der Waals surface area contributed by atoms with Crippen LogP contribution in [0.4, 0.5) is 0 Å². The Hall–Kier alpha value is -3.89. The predicted molar refractivity (Wildman–Crippen MR) is 128 cm³/mol. The minimum Gasteiger partial charge on any atom is -0.508 e. The van der Waals surface area contributed by atoms with Crippen molar-refractivity contribution in [3.8, 4) is 22.6 Å². The molecule has 0 saturated heterocycles. The number of likely N-dealkylation sites (N-methyl/N-ethyl adjacent to an activating group) is 1. The van der Waals surface area contributed by atoms with Crippen LogP contribution in [0.5, 0.6) is 11.5 Å². The summed E-state index contributed by atoms with van der Waals surface area (Å²) in [5, 5.41) is 31.9. The second kappa shape index (κ2) is 8.32. The summed E-state index contributed by atoms with van der Waals surface area (Å²) in [6, 6.07) is 8.12. The van der Waals surface area contributed by atoms with Crippen LogP contribution in [-0.4, -0.2) is 75.0 Å². The van der Waals surface area contributed by atoms with Gasteiger partial charge in [0.15, 0.2) is 34.7 Å². The molecule has 192 valence electrons. The van der Waals surface area contributed by atoms with Crippen LogP contribution in [-0.2, 0) is 25.6 Å². The number of aliphatic hydroxyl groups is 1. The molecule has 1 amide bonds. The number of ketones is 4. The van der Waals surface area contributed by atoms with Crippen molar-refractivity contribution >= 4 is 29.0 Å². The molecular weight excluding hydrogens is 480 g/mol. The van der Waals surface area contributed by atoms with Gasteiger partial charge in [-0.25, -0.2) is 0 Å². The van der Waals surface area contributed by atoms with Crippen LogP contribution in [0.15, 0.2) is 36.4 Å². The molecule has 3 aliphatic carbocycles. The van der Waals surface area contributed by atoms with Crippen molar-refractivity contribution in [2.75, 3.05) is 14.1 Å². The average molecular weight is 507 g/mol. The van der Waals surface area contributed by atoms with Crippen LogP contribution >= 0.6 is 0 Å². The minimum atomic E-state index is -2.75. The number of benzene rings is 2. The first-order chi connectivity index (χ1) is 17.4. The highest BCUT2D eigenvalue weighted by molar-refractivity contribution is 6.32. The van der Waals surface area contributed by atoms with Crippen LogP contribution < -0.4 is 5.73 Å². The number of nitrogens with zero attached hydrogens (tertiary/aromatic N) is 1. The first-order valence-electron chi connectivity index (χ1n) is 11.9. The number of phenolic OH excluding ortho intramolecular Hbond substituents is 2. The van der Waals surface area contributed by atoms with Crippen LogP contribution in [0.2, 0.25) is 0 Å². The maximum Gasteiger partial charge on any atom is 0.235 e. The van der Waals surface area contributed by atoms with Gasteiger partial charge in [-0.3, -0.25) is 28.9 Å². The lowest BCUT2D eigenvalue weighted by Gasteiger charge is -2.52. The summed E-state index contributed by atoms with van der Waals surface area (Å²) in [7, 11) is 3.07. The summed E-state index contributed by atoms with van der Waals surface area (Å²) in [6.45, 7) is 0. The Morgan fingerprint density at radius 3 is 2.24 bits per heavy atom. The van der Waals surface area contributed by atoms with Crippen molar-refractivity contribution in [1.29, 1.82) is 0 Å². The monoisotopic (exact) mass is 506 g/mol. The first kappa shape index (κ1) is 24.8. The fraction of sp³-hybridized carbons (Fsp3) is 0.370. The molecule has 2 aromatic rings. The number of primary amides is 1.